The van der Waals surface area contributed by atoms with Crippen LogP contribution in [0.1, 0.15) is 15.9 Å². The first kappa shape index (κ1) is 12.3. The van der Waals surface area contributed by atoms with Crippen LogP contribution in [0.3, 0.4) is 0 Å². The largest absolute Gasteiger partial charge is 0.478 e. The maximum Gasteiger partial charge on any atom is 0.335 e. The Kier molecular flexibility index (Phi) is 2.91. The second-order valence-corrected chi connectivity index (χ2v) is 4.59. The number of fused-ring (bicyclic) bond motifs is 1. The number of aromatic carboxylic acids is 1. The summed E-state index contributed by atoms with van der Waals surface area (Å²) in [6, 6.07) is 12.7. The average Bonchev–Trinajstić information content (AvgIpc) is 2.47. The lowest BCUT2D eigenvalue weighted by Crippen LogP contribution is -1.99. The molecule has 3 aromatic rings. The highest BCUT2D eigenvalue weighted by molar-refractivity contribution is 5.89. The van der Waals surface area contributed by atoms with Crippen molar-refractivity contribution in [2.24, 2.45) is 0 Å². The van der Waals surface area contributed by atoms with E-state index < -0.39 is 5.97 Å². The van der Waals surface area contributed by atoms with Crippen molar-refractivity contribution in [1.29, 1.82) is 0 Å². The van der Waals surface area contributed by atoms with Crippen LogP contribution in [0, 0.1) is 6.92 Å². The van der Waals surface area contributed by atoms with Gasteiger partial charge in [0.05, 0.1) is 11.1 Å². The van der Waals surface area contributed by atoms with Gasteiger partial charge in [-0.15, -0.1) is 0 Å². The molecule has 0 saturated heterocycles. The van der Waals surface area contributed by atoms with E-state index in [0.717, 1.165) is 22.0 Å². The number of carboxylic acids is 1. The Morgan fingerprint density at radius 3 is 2.75 bits per heavy atom. The van der Waals surface area contributed by atoms with E-state index in [4.69, 9.17) is 5.11 Å². The average molecular weight is 264 g/mol. The van der Waals surface area contributed by atoms with Crippen molar-refractivity contribution in [2.45, 2.75) is 6.92 Å². The number of aryl methyl sites for hydroxylation is 1. The Balaban J connectivity index is 2.19. The minimum absolute atomic E-state index is 0.238. The molecule has 0 aliphatic heterocycles. The van der Waals surface area contributed by atoms with E-state index >= 15 is 0 Å². The van der Waals surface area contributed by atoms with E-state index in [1.165, 1.54) is 0 Å². The lowest BCUT2D eigenvalue weighted by atomic mass is 10.0. The summed E-state index contributed by atoms with van der Waals surface area (Å²) in [5.41, 5.74) is 2.78. The van der Waals surface area contributed by atoms with Gasteiger partial charge in [0.2, 0.25) is 0 Å². The van der Waals surface area contributed by atoms with Gasteiger partial charge >= 0.3 is 5.97 Å². The fourth-order valence-electron chi connectivity index (χ4n) is 2.10. The quantitative estimate of drug-likeness (QED) is 0.771. The first-order valence-corrected chi connectivity index (χ1v) is 6.21. The van der Waals surface area contributed by atoms with Crippen LogP contribution < -0.4 is 0 Å². The molecule has 4 heteroatoms. The van der Waals surface area contributed by atoms with Crippen LogP contribution in [0.2, 0.25) is 0 Å². The van der Waals surface area contributed by atoms with E-state index in [-0.39, 0.29) is 5.56 Å². The number of carbonyl (C=O) groups is 1. The summed E-state index contributed by atoms with van der Waals surface area (Å²) in [5.74, 6) is -0.406. The number of rotatable bonds is 2. The fourth-order valence-corrected chi connectivity index (χ4v) is 2.10. The predicted octanol–water partition coefficient (Wildman–Crippen LogP) is 3.30. The maximum absolute atomic E-state index is 11.1. The maximum atomic E-state index is 11.1. The van der Waals surface area contributed by atoms with Crippen LogP contribution in [-0.2, 0) is 0 Å². The lowest BCUT2D eigenvalue weighted by Gasteiger charge is -2.07. The summed E-state index contributed by atoms with van der Waals surface area (Å²) < 4.78 is 0. The van der Waals surface area contributed by atoms with Gasteiger partial charge in [0.25, 0.3) is 0 Å². The molecule has 0 atom stereocenters. The molecule has 98 valence electrons. The number of hydrogen-bond acceptors (Lipinski definition) is 3. The van der Waals surface area contributed by atoms with E-state index in [1.807, 2.05) is 31.2 Å². The van der Waals surface area contributed by atoms with Crippen molar-refractivity contribution in [1.82, 2.24) is 9.97 Å². The van der Waals surface area contributed by atoms with E-state index in [0.29, 0.717) is 5.82 Å². The third-order valence-corrected chi connectivity index (χ3v) is 3.21. The summed E-state index contributed by atoms with van der Waals surface area (Å²) in [5, 5.41) is 10.0. The lowest BCUT2D eigenvalue weighted by molar-refractivity contribution is 0.0697. The molecule has 0 aliphatic rings. The number of aromatic nitrogens is 2. The molecule has 1 N–H and O–H groups in total. The first-order chi connectivity index (χ1) is 9.65. The van der Waals surface area contributed by atoms with E-state index in [1.54, 1.807) is 24.4 Å². The van der Waals surface area contributed by atoms with Crippen molar-refractivity contribution >= 4 is 16.9 Å². The monoisotopic (exact) mass is 264 g/mol. The number of para-hydroxylation sites is 1. The van der Waals surface area contributed by atoms with Gasteiger partial charge < -0.3 is 5.11 Å². The predicted molar refractivity (Wildman–Crippen MR) is 76.7 cm³/mol. The second-order valence-electron chi connectivity index (χ2n) is 4.59. The smallest absolute Gasteiger partial charge is 0.335 e. The van der Waals surface area contributed by atoms with Gasteiger partial charge in [0, 0.05) is 17.1 Å². The van der Waals surface area contributed by atoms with Crippen molar-refractivity contribution in [2.75, 3.05) is 0 Å². The molecule has 0 aliphatic carbocycles. The molecule has 0 saturated carbocycles. The van der Waals surface area contributed by atoms with Crippen molar-refractivity contribution in [3.63, 3.8) is 0 Å². The Bertz CT molecular complexity index is 812. The SMILES string of the molecule is Cc1ccc(C(=O)O)cc1-c1ncc2ccccc2n1. The molecule has 0 bridgehead atoms. The van der Waals surface area contributed by atoms with Gasteiger partial charge in [0.15, 0.2) is 5.82 Å². The van der Waals surface area contributed by atoms with Gasteiger partial charge in [-0.25, -0.2) is 14.8 Å². The Morgan fingerprint density at radius 2 is 1.95 bits per heavy atom. The molecule has 0 spiro atoms. The number of carboxylic acid groups (broad SMARTS) is 1. The molecule has 1 heterocycles. The van der Waals surface area contributed by atoms with Gasteiger partial charge in [-0.3, -0.25) is 0 Å². The topological polar surface area (TPSA) is 63.1 Å². The fraction of sp³-hybridized carbons (Fsp3) is 0.0625. The second kappa shape index (κ2) is 4.74. The summed E-state index contributed by atoms with van der Waals surface area (Å²) in [6.45, 7) is 1.92. The molecule has 4 nitrogen and oxygen atoms in total. The minimum Gasteiger partial charge on any atom is -0.478 e. The molecule has 0 amide bonds. The van der Waals surface area contributed by atoms with Crippen LogP contribution in [0.5, 0.6) is 0 Å². The van der Waals surface area contributed by atoms with Crippen LogP contribution in [0.25, 0.3) is 22.3 Å². The minimum atomic E-state index is -0.952. The Hall–Kier alpha value is -2.75. The molecule has 1 aromatic heterocycles. The van der Waals surface area contributed by atoms with Crippen LogP contribution in [0.4, 0.5) is 0 Å². The number of benzene rings is 2. The Morgan fingerprint density at radius 1 is 1.15 bits per heavy atom. The Labute approximate surface area is 115 Å². The van der Waals surface area contributed by atoms with Crippen LogP contribution in [-0.4, -0.2) is 21.0 Å². The number of nitrogens with zero attached hydrogens (tertiary/aromatic N) is 2. The molecule has 0 radical (unpaired) electrons. The van der Waals surface area contributed by atoms with Gasteiger partial charge in [-0.05, 0) is 30.7 Å². The molecule has 0 unspecified atom stereocenters. The highest BCUT2D eigenvalue weighted by atomic mass is 16.4. The van der Waals surface area contributed by atoms with E-state index in [9.17, 15) is 4.79 Å². The molecule has 2 aromatic carbocycles. The highest BCUT2D eigenvalue weighted by Gasteiger charge is 2.10. The third-order valence-electron chi connectivity index (χ3n) is 3.21. The molecule has 0 fully saturated rings. The third kappa shape index (κ3) is 2.12. The zero-order chi connectivity index (χ0) is 14.1. The van der Waals surface area contributed by atoms with Gasteiger partial charge in [-0.2, -0.15) is 0 Å². The molecular weight excluding hydrogens is 252 g/mol. The van der Waals surface area contributed by atoms with E-state index in [2.05, 4.69) is 9.97 Å². The molecular formula is C16H12N2O2. The first-order valence-electron chi connectivity index (χ1n) is 6.21. The van der Waals surface area contributed by atoms with Crippen LogP contribution in [0.15, 0.2) is 48.7 Å². The summed E-state index contributed by atoms with van der Waals surface area (Å²) in [7, 11) is 0. The van der Waals surface area contributed by atoms with Crippen molar-refractivity contribution < 1.29 is 9.90 Å². The highest BCUT2D eigenvalue weighted by Crippen LogP contribution is 2.23. The summed E-state index contributed by atoms with van der Waals surface area (Å²) in [4.78, 5) is 19.9. The standard InChI is InChI=1S/C16H12N2O2/c1-10-6-7-11(16(19)20)8-13(10)15-17-9-12-4-2-3-5-14(12)18-15/h2-9H,1H3,(H,19,20). The molecule has 20 heavy (non-hydrogen) atoms. The summed E-state index contributed by atoms with van der Waals surface area (Å²) in [6.07, 6.45) is 1.75. The van der Waals surface area contributed by atoms with Gasteiger partial charge in [0.1, 0.15) is 0 Å². The van der Waals surface area contributed by atoms with Gasteiger partial charge in [-0.1, -0.05) is 24.3 Å². The van der Waals surface area contributed by atoms with Crippen LogP contribution >= 0.6 is 0 Å². The molecule has 3 rings (SSSR count). The summed E-state index contributed by atoms with van der Waals surface area (Å²) >= 11 is 0. The number of hydrogen-bond donors (Lipinski definition) is 1. The normalized spacial score (nSPS) is 10.7. The van der Waals surface area contributed by atoms with Crippen molar-refractivity contribution in [3.05, 3.63) is 59.8 Å². The zero-order valence-electron chi connectivity index (χ0n) is 10.9. The zero-order valence-corrected chi connectivity index (χ0v) is 10.9. The van der Waals surface area contributed by atoms with Crippen molar-refractivity contribution in [3.8, 4) is 11.4 Å².